The molecule has 8 atom stereocenters. The second-order valence-electron chi connectivity index (χ2n) is 10.1. The van der Waals surface area contributed by atoms with Crippen molar-refractivity contribution < 1.29 is 28.5 Å². The highest BCUT2D eigenvalue weighted by molar-refractivity contribution is 5.67. The summed E-state index contributed by atoms with van der Waals surface area (Å²) in [4.78, 5) is 23.8. The molecule has 2 aliphatic carbocycles. The summed E-state index contributed by atoms with van der Waals surface area (Å²) >= 11 is 0. The first-order valence-electron chi connectivity index (χ1n) is 11.5. The largest absolute Gasteiger partial charge is 0.465 e. The van der Waals surface area contributed by atoms with E-state index < -0.39 is 5.41 Å². The summed E-state index contributed by atoms with van der Waals surface area (Å²) in [6, 6.07) is 0. The SMILES string of the molecule is C=C1CCC[C@H]2[C@@]1(COC(C)=O)[C@@H](OC(C)=O)C[C@@H](C)[C@]2(C)[C@@H]1C[C@H]2CCO[C@H]2O1. The van der Waals surface area contributed by atoms with Gasteiger partial charge in [0, 0.05) is 25.2 Å². The van der Waals surface area contributed by atoms with Crippen LogP contribution in [0, 0.1) is 28.6 Å². The summed E-state index contributed by atoms with van der Waals surface area (Å²) in [5.74, 6) is 0.285. The number of carbonyl (C=O) groups excluding carboxylic acids is 2. The fourth-order valence-corrected chi connectivity index (χ4v) is 7.00. The molecule has 4 rings (SSSR count). The minimum Gasteiger partial charge on any atom is -0.465 e. The highest BCUT2D eigenvalue weighted by Crippen LogP contribution is 2.65. The van der Waals surface area contributed by atoms with Crippen LogP contribution in [-0.2, 0) is 28.5 Å². The molecule has 0 radical (unpaired) electrons. The van der Waals surface area contributed by atoms with E-state index in [0.29, 0.717) is 12.3 Å². The molecular formula is C24H36O6. The minimum absolute atomic E-state index is 0.0775. The molecule has 6 heteroatoms. The second kappa shape index (κ2) is 7.94. The van der Waals surface area contributed by atoms with E-state index in [-0.39, 0.29) is 54.3 Å². The van der Waals surface area contributed by atoms with Gasteiger partial charge < -0.3 is 18.9 Å². The molecular weight excluding hydrogens is 384 g/mol. The molecule has 4 aliphatic rings. The Kier molecular flexibility index (Phi) is 5.77. The predicted molar refractivity (Wildman–Crippen MR) is 110 cm³/mol. The number of carbonyl (C=O) groups is 2. The van der Waals surface area contributed by atoms with E-state index in [0.717, 1.165) is 44.3 Å². The van der Waals surface area contributed by atoms with Gasteiger partial charge in [0.15, 0.2) is 6.29 Å². The summed E-state index contributed by atoms with van der Waals surface area (Å²) in [5, 5.41) is 0. The monoisotopic (exact) mass is 420 g/mol. The van der Waals surface area contributed by atoms with Crippen LogP contribution in [0.25, 0.3) is 0 Å². The zero-order chi connectivity index (χ0) is 21.7. The molecule has 0 aromatic heterocycles. The Morgan fingerprint density at radius 2 is 1.97 bits per heavy atom. The predicted octanol–water partition coefficient (Wildman–Crippen LogP) is 4.02. The van der Waals surface area contributed by atoms with Crippen LogP contribution in [0.3, 0.4) is 0 Å². The number of hydrogen-bond acceptors (Lipinski definition) is 6. The Balaban J connectivity index is 1.75. The van der Waals surface area contributed by atoms with Crippen LogP contribution in [0.5, 0.6) is 0 Å². The molecule has 6 nitrogen and oxygen atoms in total. The lowest BCUT2D eigenvalue weighted by molar-refractivity contribution is -0.226. The van der Waals surface area contributed by atoms with Crippen LogP contribution in [0.1, 0.15) is 66.2 Å². The van der Waals surface area contributed by atoms with Gasteiger partial charge in [0.05, 0.1) is 18.1 Å². The van der Waals surface area contributed by atoms with Gasteiger partial charge in [-0.2, -0.15) is 0 Å². The van der Waals surface area contributed by atoms with Crippen molar-refractivity contribution in [2.75, 3.05) is 13.2 Å². The number of rotatable bonds is 4. The maximum atomic E-state index is 12.0. The fraction of sp³-hybridized carbons (Fsp3) is 0.833. The molecule has 168 valence electrons. The summed E-state index contributed by atoms with van der Waals surface area (Å²) in [5.41, 5.74) is 0.325. The van der Waals surface area contributed by atoms with E-state index in [1.807, 2.05) is 0 Å². The minimum atomic E-state index is -0.571. The molecule has 2 saturated heterocycles. The Bertz CT molecular complexity index is 706. The van der Waals surface area contributed by atoms with Crippen molar-refractivity contribution in [1.82, 2.24) is 0 Å². The van der Waals surface area contributed by atoms with Crippen molar-refractivity contribution in [2.24, 2.45) is 28.6 Å². The maximum absolute atomic E-state index is 12.0. The summed E-state index contributed by atoms with van der Waals surface area (Å²) in [7, 11) is 0. The Labute approximate surface area is 179 Å². The first-order chi connectivity index (χ1) is 14.2. The molecule has 0 bridgehead atoms. The molecule has 0 unspecified atom stereocenters. The highest BCUT2D eigenvalue weighted by atomic mass is 16.7. The topological polar surface area (TPSA) is 71.1 Å². The van der Waals surface area contributed by atoms with Crippen LogP contribution >= 0.6 is 0 Å². The molecule has 0 N–H and O–H groups in total. The quantitative estimate of drug-likeness (QED) is 0.505. The first-order valence-corrected chi connectivity index (χ1v) is 11.5. The van der Waals surface area contributed by atoms with E-state index >= 15 is 0 Å². The van der Waals surface area contributed by atoms with Crippen molar-refractivity contribution in [2.45, 2.75) is 84.7 Å². The van der Waals surface area contributed by atoms with Crippen LogP contribution in [-0.4, -0.2) is 43.7 Å². The van der Waals surface area contributed by atoms with Crippen molar-refractivity contribution in [3.63, 3.8) is 0 Å². The van der Waals surface area contributed by atoms with Crippen molar-refractivity contribution in [1.29, 1.82) is 0 Å². The molecule has 0 aromatic rings. The van der Waals surface area contributed by atoms with Crippen LogP contribution in [0.15, 0.2) is 12.2 Å². The summed E-state index contributed by atoms with van der Waals surface area (Å²) in [6.45, 7) is 12.9. The molecule has 0 amide bonds. The van der Waals surface area contributed by atoms with Crippen LogP contribution in [0.4, 0.5) is 0 Å². The lowest BCUT2D eigenvalue weighted by Crippen LogP contribution is -2.64. The highest BCUT2D eigenvalue weighted by Gasteiger charge is 2.66. The number of ether oxygens (including phenoxy) is 4. The van der Waals surface area contributed by atoms with Crippen molar-refractivity contribution in [3.8, 4) is 0 Å². The zero-order valence-electron chi connectivity index (χ0n) is 18.8. The Morgan fingerprint density at radius 1 is 1.20 bits per heavy atom. The maximum Gasteiger partial charge on any atom is 0.302 e. The fourth-order valence-electron chi connectivity index (χ4n) is 7.00. The van der Waals surface area contributed by atoms with Gasteiger partial charge in [-0.1, -0.05) is 26.0 Å². The first kappa shape index (κ1) is 21.8. The number of fused-ring (bicyclic) bond motifs is 2. The van der Waals surface area contributed by atoms with Crippen molar-refractivity contribution >= 4 is 11.9 Å². The van der Waals surface area contributed by atoms with Gasteiger partial charge in [-0.3, -0.25) is 9.59 Å². The smallest absolute Gasteiger partial charge is 0.302 e. The van der Waals surface area contributed by atoms with E-state index in [1.165, 1.54) is 13.8 Å². The van der Waals surface area contributed by atoms with E-state index in [4.69, 9.17) is 18.9 Å². The zero-order valence-corrected chi connectivity index (χ0v) is 18.8. The van der Waals surface area contributed by atoms with Gasteiger partial charge in [-0.15, -0.1) is 0 Å². The van der Waals surface area contributed by atoms with E-state index in [2.05, 4.69) is 20.4 Å². The van der Waals surface area contributed by atoms with Crippen LogP contribution < -0.4 is 0 Å². The molecule has 30 heavy (non-hydrogen) atoms. The molecule has 4 fully saturated rings. The van der Waals surface area contributed by atoms with Crippen molar-refractivity contribution in [3.05, 3.63) is 12.2 Å². The average molecular weight is 421 g/mol. The van der Waals surface area contributed by atoms with Gasteiger partial charge in [0.2, 0.25) is 0 Å². The second-order valence-corrected chi connectivity index (χ2v) is 10.1. The third-order valence-corrected chi connectivity index (χ3v) is 8.69. The normalized spacial score (nSPS) is 45.5. The van der Waals surface area contributed by atoms with Gasteiger partial charge in [-0.05, 0) is 50.4 Å². The van der Waals surface area contributed by atoms with Gasteiger partial charge in [0.1, 0.15) is 12.7 Å². The molecule has 0 aromatic carbocycles. The number of hydrogen-bond donors (Lipinski definition) is 0. The third-order valence-electron chi connectivity index (χ3n) is 8.69. The standard InChI is InChI=1S/C24H36O6/c1-14-7-6-8-19-23(5,20-12-18-9-10-27-22(18)30-20)15(2)11-21(29-17(4)26)24(14,19)13-28-16(3)25/h15,18-22H,1,6-13H2,2-5H3/t15-,18-,19-,20+,21+,22+,23+,24+/m1/s1. The average Bonchev–Trinajstić information content (AvgIpc) is 3.27. The number of esters is 2. The van der Waals surface area contributed by atoms with Gasteiger partial charge in [-0.25, -0.2) is 0 Å². The Hall–Kier alpha value is -1.40. The lowest BCUT2D eigenvalue weighted by Gasteiger charge is -2.62. The van der Waals surface area contributed by atoms with E-state index in [1.54, 1.807) is 0 Å². The lowest BCUT2D eigenvalue weighted by atomic mass is 9.44. The third kappa shape index (κ3) is 3.31. The molecule has 0 spiro atoms. The van der Waals surface area contributed by atoms with Gasteiger partial charge >= 0.3 is 11.9 Å². The summed E-state index contributed by atoms with van der Waals surface area (Å²) in [6.07, 6.45) is 5.28. The van der Waals surface area contributed by atoms with Gasteiger partial charge in [0.25, 0.3) is 0 Å². The van der Waals surface area contributed by atoms with E-state index in [9.17, 15) is 9.59 Å². The molecule has 2 aliphatic heterocycles. The molecule has 2 saturated carbocycles. The molecule has 2 heterocycles. The summed E-state index contributed by atoms with van der Waals surface area (Å²) < 4.78 is 23.9. The van der Waals surface area contributed by atoms with Crippen LogP contribution in [0.2, 0.25) is 0 Å². The Morgan fingerprint density at radius 3 is 2.63 bits per heavy atom.